The first-order valence-electron chi connectivity index (χ1n) is 8.74. The lowest BCUT2D eigenvalue weighted by atomic mass is 10.1. The number of amides is 1. The van der Waals surface area contributed by atoms with Crippen LogP contribution in [0.15, 0.2) is 64.6 Å². The highest BCUT2D eigenvalue weighted by atomic mass is 35.5. The second-order valence-corrected chi connectivity index (χ2v) is 7.80. The van der Waals surface area contributed by atoms with E-state index in [0.717, 1.165) is 22.2 Å². The molecule has 0 fully saturated rings. The normalized spacial score (nSPS) is 14.9. The molecule has 0 saturated heterocycles. The first-order chi connectivity index (χ1) is 14.0. The van der Waals surface area contributed by atoms with E-state index in [1.807, 2.05) is 36.4 Å². The summed E-state index contributed by atoms with van der Waals surface area (Å²) in [7, 11) is 0. The van der Waals surface area contributed by atoms with Crippen LogP contribution in [0.1, 0.15) is 12.5 Å². The van der Waals surface area contributed by atoms with Crippen molar-refractivity contribution < 1.29 is 4.79 Å². The highest BCUT2D eigenvalue weighted by Crippen LogP contribution is 2.32. The summed E-state index contributed by atoms with van der Waals surface area (Å²) in [5, 5.41) is 15.5. The molecule has 0 unspecified atom stereocenters. The van der Waals surface area contributed by atoms with E-state index in [1.54, 1.807) is 31.3 Å². The van der Waals surface area contributed by atoms with Crippen LogP contribution in [0.2, 0.25) is 5.02 Å². The van der Waals surface area contributed by atoms with E-state index in [2.05, 4.69) is 20.6 Å². The van der Waals surface area contributed by atoms with Gasteiger partial charge in [-0.05, 0) is 66.7 Å². The molecule has 8 heteroatoms. The summed E-state index contributed by atoms with van der Waals surface area (Å²) in [5.74, 6) is 0.0151. The Morgan fingerprint density at radius 3 is 2.90 bits per heavy atom. The molecule has 0 spiro atoms. The van der Waals surface area contributed by atoms with Gasteiger partial charge in [0.25, 0.3) is 5.91 Å². The number of carbonyl (C=O) groups excluding carboxylic acids is 1. The van der Waals surface area contributed by atoms with Crippen molar-refractivity contribution in [3.63, 3.8) is 0 Å². The summed E-state index contributed by atoms with van der Waals surface area (Å²) >= 11 is 7.51. The predicted octanol–water partition coefficient (Wildman–Crippen LogP) is 5.38. The highest BCUT2D eigenvalue weighted by molar-refractivity contribution is 8.18. The molecule has 1 amide bonds. The van der Waals surface area contributed by atoms with Crippen LogP contribution in [-0.4, -0.2) is 21.9 Å². The second kappa shape index (κ2) is 8.06. The van der Waals surface area contributed by atoms with Crippen LogP contribution in [0, 0.1) is 5.41 Å². The number of carbonyl (C=O) groups is 1. The van der Waals surface area contributed by atoms with Gasteiger partial charge in [-0.1, -0.05) is 23.7 Å². The fraction of sp³-hybridized carbons (Fsp3) is 0.0476. The van der Waals surface area contributed by atoms with E-state index < -0.39 is 0 Å². The molecule has 1 aliphatic heterocycles. The van der Waals surface area contributed by atoms with Crippen molar-refractivity contribution in [3.05, 3.63) is 70.2 Å². The molecule has 2 aromatic carbocycles. The number of benzene rings is 2. The second-order valence-electron chi connectivity index (χ2n) is 6.36. The number of nitrogens with zero attached hydrogens (tertiary/aromatic N) is 2. The Morgan fingerprint density at radius 2 is 2.07 bits per heavy atom. The third-order valence-electron chi connectivity index (χ3n) is 4.09. The number of rotatable bonds is 3. The van der Waals surface area contributed by atoms with Crippen LogP contribution in [0.5, 0.6) is 0 Å². The van der Waals surface area contributed by atoms with Crippen molar-refractivity contribution in [2.75, 3.05) is 10.6 Å². The molecule has 0 bridgehead atoms. The third-order valence-corrected chi connectivity index (χ3v) is 5.31. The maximum atomic E-state index is 12.3. The molecule has 1 aromatic heterocycles. The molecule has 29 heavy (non-hydrogen) atoms. The summed E-state index contributed by atoms with van der Waals surface area (Å²) in [6.07, 6.45) is 3.57. The number of hydrogen-bond donors (Lipinski definition) is 3. The number of amidine groups is 2. The minimum atomic E-state index is -0.301. The SMILES string of the molecule is CC(=N)Nc1ccc(Cl)c(NC2=NC(=O)/C(=C/c3ccc4ncccc4c3)S2)c1. The van der Waals surface area contributed by atoms with Crippen molar-refractivity contribution >= 4 is 68.6 Å². The van der Waals surface area contributed by atoms with E-state index in [9.17, 15) is 4.79 Å². The van der Waals surface area contributed by atoms with Gasteiger partial charge >= 0.3 is 0 Å². The third kappa shape index (κ3) is 4.47. The molecule has 0 atom stereocenters. The minimum Gasteiger partial charge on any atom is -0.344 e. The van der Waals surface area contributed by atoms with E-state index in [1.165, 1.54) is 11.8 Å². The molecule has 0 aliphatic carbocycles. The van der Waals surface area contributed by atoms with Gasteiger partial charge in [0.05, 0.1) is 27.0 Å². The maximum absolute atomic E-state index is 12.3. The number of hydrogen-bond acceptors (Lipinski definition) is 5. The number of thioether (sulfide) groups is 1. The van der Waals surface area contributed by atoms with Crippen LogP contribution in [0.25, 0.3) is 17.0 Å². The van der Waals surface area contributed by atoms with Crippen LogP contribution >= 0.6 is 23.4 Å². The van der Waals surface area contributed by atoms with Crippen molar-refractivity contribution in [3.8, 4) is 0 Å². The first kappa shape index (κ1) is 19.2. The molecule has 6 nitrogen and oxygen atoms in total. The molecule has 0 saturated carbocycles. The Labute approximate surface area is 176 Å². The van der Waals surface area contributed by atoms with Gasteiger partial charge in [-0.15, -0.1) is 0 Å². The Balaban J connectivity index is 1.53. The molecule has 3 aromatic rings. The quantitative estimate of drug-likeness (QED) is 0.300. The van der Waals surface area contributed by atoms with Gasteiger partial charge < -0.3 is 10.6 Å². The lowest BCUT2D eigenvalue weighted by Crippen LogP contribution is -2.08. The number of halogens is 1. The van der Waals surface area contributed by atoms with Crippen LogP contribution in [0.4, 0.5) is 11.4 Å². The number of nitrogens with one attached hydrogen (secondary N) is 3. The van der Waals surface area contributed by atoms with Gasteiger partial charge in [0.2, 0.25) is 0 Å². The van der Waals surface area contributed by atoms with E-state index in [4.69, 9.17) is 17.0 Å². The maximum Gasteiger partial charge on any atom is 0.286 e. The van der Waals surface area contributed by atoms with Crippen LogP contribution < -0.4 is 10.6 Å². The zero-order valence-electron chi connectivity index (χ0n) is 15.4. The fourth-order valence-corrected chi connectivity index (χ4v) is 3.82. The molecule has 3 N–H and O–H groups in total. The molecule has 2 heterocycles. The summed E-state index contributed by atoms with van der Waals surface area (Å²) in [4.78, 5) is 21.3. The predicted molar refractivity (Wildman–Crippen MR) is 122 cm³/mol. The van der Waals surface area contributed by atoms with Gasteiger partial charge in [-0.3, -0.25) is 15.2 Å². The first-order valence-corrected chi connectivity index (χ1v) is 9.93. The van der Waals surface area contributed by atoms with Gasteiger partial charge in [0.1, 0.15) is 0 Å². The molecular weight excluding hydrogens is 406 g/mol. The van der Waals surface area contributed by atoms with E-state index in [-0.39, 0.29) is 5.91 Å². The van der Waals surface area contributed by atoms with E-state index in [0.29, 0.717) is 26.6 Å². The number of aliphatic imine (C=N–C) groups is 1. The monoisotopic (exact) mass is 421 g/mol. The van der Waals surface area contributed by atoms with Gasteiger partial charge in [-0.2, -0.15) is 4.99 Å². The fourth-order valence-electron chi connectivity index (χ4n) is 2.83. The van der Waals surface area contributed by atoms with Crippen molar-refractivity contribution in [1.82, 2.24) is 4.98 Å². The van der Waals surface area contributed by atoms with Crippen molar-refractivity contribution in [1.29, 1.82) is 5.41 Å². The molecule has 0 radical (unpaired) electrons. The topological polar surface area (TPSA) is 90.2 Å². The van der Waals surface area contributed by atoms with Gasteiger partial charge in [0.15, 0.2) is 5.17 Å². The van der Waals surface area contributed by atoms with E-state index >= 15 is 0 Å². The summed E-state index contributed by atoms with van der Waals surface area (Å²) in [6.45, 7) is 1.65. The Bertz CT molecular complexity index is 1200. The lowest BCUT2D eigenvalue weighted by molar-refractivity contribution is -0.113. The summed E-state index contributed by atoms with van der Waals surface area (Å²) in [5.41, 5.74) is 3.14. The molecule has 4 rings (SSSR count). The zero-order valence-corrected chi connectivity index (χ0v) is 16.9. The summed E-state index contributed by atoms with van der Waals surface area (Å²) in [6, 6.07) is 15.0. The Hall–Kier alpha value is -3.16. The number of fused-ring (bicyclic) bond motifs is 1. The lowest BCUT2D eigenvalue weighted by Gasteiger charge is -2.10. The molecule has 1 aliphatic rings. The average molecular weight is 422 g/mol. The average Bonchev–Trinajstić information content (AvgIpc) is 3.03. The molecular formula is C21H16ClN5OS. The smallest absolute Gasteiger partial charge is 0.286 e. The Kier molecular flexibility index (Phi) is 5.33. The minimum absolute atomic E-state index is 0.301. The van der Waals surface area contributed by atoms with Gasteiger partial charge in [-0.25, -0.2) is 0 Å². The van der Waals surface area contributed by atoms with Crippen LogP contribution in [0.3, 0.4) is 0 Å². The van der Waals surface area contributed by atoms with Crippen molar-refractivity contribution in [2.24, 2.45) is 4.99 Å². The van der Waals surface area contributed by atoms with Gasteiger partial charge in [0, 0.05) is 17.3 Å². The van der Waals surface area contributed by atoms with Crippen LogP contribution in [-0.2, 0) is 4.79 Å². The number of anilines is 2. The highest BCUT2D eigenvalue weighted by Gasteiger charge is 2.22. The Morgan fingerprint density at radius 1 is 1.21 bits per heavy atom. The zero-order chi connectivity index (χ0) is 20.4. The number of aromatic nitrogens is 1. The number of pyridine rings is 1. The summed E-state index contributed by atoms with van der Waals surface area (Å²) < 4.78 is 0. The standard InChI is InChI=1S/C21H16ClN5OS/c1-12(23)25-15-5-6-16(22)18(11-15)26-21-27-20(28)19(29-21)10-13-4-7-17-14(9-13)3-2-8-24-17/h2-11H,1H3,(H2,23,25)(H,26,27,28)/b19-10-. The molecule has 144 valence electrons. The largest absolute Gasteiger partial charge is 0.344 e. The van der Waals surface area contributed by atoms with Crippen molar-refractivity contribution in [2.45, 2.75) is 6.92 Å².